The second-order valence-electron chi connectivity index (χ2n) is 7.04. The standard InChI is InChI=1S/C24H24N2O3S2/c1-28-21-11-6-10-18(24(21)29-2)20-14-19(22-12-7-13-31-22)25-26(20)23(27)16-30-15-17-8-4-3-5-9-17/h3-13,20H,14-16H2,1-2H3/t20-/m0/s1. The normalized spacial score (nSPS) is 15.6. The van der Waals surface area contributed by atoms with Gasteiger partial charge in [0.25, 0.3) is 5.91 Å². The van der Waals surface area contributed by atoms with Crippen molar-refractivity contribution in [2.45, 2.75) is 18.2 Å². The van der Waals surface area contributed by atoms with Crippen molar-refractivity contribution < 1.29 is 14.3 Å². The Morgan fingerprint density at radius 1 is 1.10 bits per heavy atom. The largest absolute Gasteiger partial charge is 0.493 e. The van der Waals surface area contributed by atoms with Crippen molar-refractivity contribution >= 4 is 34.7 Å². The fourth-order valence-corrected chi connectivity index (χ4v) is 5.20. The topological polar surface area (TPSA) is 51.1 Å². The van der Waals surface area contributed by atoms with Crippen LogP contribution in [0, 0.1) is 0 Å². The van der Waals surface area contributed by atoms with Crippen molar-refractivity contribution in [3.8, 4) is 11.5 Å². The number of carbonyl (C=O) groups is 1. The lowest BCUT2D eigenvalue weighted by Crippen LogP contribution is -2.29. The van der Waals surface area contributed by atoms with Gasteiger partial charge in [-0.1, -0.05) is 48.5 Å². The first-order chi connectivity index (χ1) is 15.2. The molecule has 2 aromatic carbocycles. The van der Waals surface area contributed by atoms with E-state index in [0.717, 1.165) is 21.9 Å². The van der Waals surface area contributed by atoms with Crippen LogP contribution in [-0.4, -0.2) is 36.6 Å². The quantitative estimate of drug-likeness (QED) is 0.461. The minimum Gasteiger partial charge on any atom is -0.493 e. The molecule has 4 rings (SSSR count). The Morgan fingerprint density at radius 2 is 1.94 bits per heavy atom. The van der Waals surface area contributed by atoms with Crippen molar-refractivity contribution in [2.75, 3.05) is 20.0 Å². The SMILES string of the molecule is COc1cccc([C@@H]2CC(c3cccs3)=NN2C(=O)CSCc2ccccc2)c1OC. The molecule has 5 nitrogen and oxygen atoms in total. The molecule has 1 amide bonds. The first-order valence-electron chi connectivity index (χ1n) is 9.97. The van der Waals surface area contributed by atoms with Crippen molar-refractivity contribution in [2.24, 2.45) is 5.10 Å². The molecule has 1 atom stereocenters. The highest BCUT2D eigenvalue weighted by molar-refractivity contribution is 7.99. The second kappa shape index (κ2) is 10.0. The van der Waals surface area contributed by atoms with Gasteiger partial charge in [-0.15, -0.1) is 23.1 Å². The number of para-hydroxylation sites is 1. The maximum atomic E-state index is 13.2. The predicted octanol–water partition coefficient (Wildman–Crippen LogP) is 5.38. The average molecular weight is 453 g/mol. The van der Waals surface area contributed by atoms with E-state index in [9.17, 15) is 4.79 Å². The molecule has 1 aromatic heterocycles. The van der Waals surface area contributed by atoms with Crippen LogP contribution in [0.25, 0.3) is 0 Å². The van der Waals surface area contributed by atoms with E-state index < -0.39 is 0 Å². The molecular weight excluding hydrogens is 428 g/mol. The van der Waals surface area contributed by atoms with Crippen LogP contribution in [0.15, 0.2) is 71.1 Å². The van der Waals surface area contributed by atoms with Crippen molar-refractivity contribution in [1.82, 2.24) is 5.01 Å². The Morgan fingerprint density at radius 3 is 2.65 bits per heavy atom. The fraction of sp³-hybridized carbons (Fsp3) is 0.250. The molecule has 1 aliphatic rings. The third-order valence-electron chi connectivity index (χ3n) is 5.10. The Kier molecular flexibility index (Phi) is 6.94. The molecule has 3 aromatic rings. The van der Waals surface area contributed by atoms with Crippen LogP contribution in [0.2, 0.25) is 0 Å². The lowest BCUT2D eigenvalue weighted by atomic mass is 9.99. The maximum Gasteiger partial charge on any atom is 0.253 e. The van der Waals surface area contributed by atoms with E-state index in [1.807, 2.05) is 53.9 Å². The maximum absolute atomic E-state index is 13.2. The van der Waals surface area contributed by atoms with Crippen molar-refractivity contribution in [1.29, 1.82) is 0 Å². The number of benzene rings is 2. The molecule has 0 saturated heterocycles. The lowest BCUT2D eigenvalue weighted by Gasteiger charge is -2.24. The van der Waals surface area contributed by atoms with Crippen molar-refractivity contribution in [3.05, 3.63) is 82.0 Å². The van der Waals surface area contributed by atoms with Crippen LogP contribution < -0.4 is 9.47 Å². The van der Waals surface area contributed by atoms with E-state index >= 15 is 0 Å². The van der Waals surface area contributed by atoms with Crippen LogP contribution >= 0.6 is 23.1 Å². The van der Waals surface area contributed by atoms with Gasteiger partial charge in [0.05, 0.1) is 36.6 Å². The van der Waals surface area contributed by atoms with Gasteiger partial charge in [-0.25, -0.2) is 5.01 Å². The molecule has 7 heteroatoms. The third-order valence-corrected chi connectivity index (χ3v) is 7.01. The molecule has 31 heavy (non-hydrogen) atoms. The van der Waals surface area contributed by atoms with Gasteiger partial charge in [0.15, 0.2) is 11.5 Å². The van der Waals surface area contributed by atoms with Crippen molar-refractivity contribution in [3.63, 3.8) is 0 Å². The summed E-state index contributed by atoms with van der Waals surface area (Å²) in [5.41, 5.74) is 3.03. The van der Waals surface area contributed by atoms with E-state index in [1.165, 1.54) is 5.56 Å². The Balaban J connectivity index is 1.58. The minimum atomic E-state index is -0.230. The molecule has 0 saturated carbocycles. The zero-order chi connectivity index (χ0) is 21.6. The van der Waals surface area contributed by atoms with Gasteiger partial charge in [-0.05, 0) is 23.1 Å². The molecule has 2 heterocycles. The second-order valence-corrected chi connectivity index (χ2v) is 8.98. The average Bonchev–Trinajstić information content (AvgIpc) is 3.49. The number of thioether (sulfide) groups is 1. The molecular formula is C24H24N2O3S2. The van der Waals surface area contributed by atoms with E-state index in [2.05, 4.69) is 12.1 Å². The molecule has 0 fully saturated rings. The number of methoxy groups -OCH3 is 2. The summed E-state index contributed by atoms with van der Waals surface area (Å²) in [6, 6.07) is 19.8. The lowest BCUT2D eigenvalue weighted by molar-refractivity contribution is -0.130. The van der Waals surface area contributed by atoms with Gasteiger partial charge in [0, 0.05) is 17.7 Å². The predicted molar refractivity (Wildman–Crippen MR) is 127 cm³/mol. The van der Waals surface area contributed by atoms with Gasteiger partial charge < -0.3 is 9.47 Å². The highest BCUT2D eigenvalue weighted by atomic mass is 32.2. The summed E-state index contributed by atoms with van der Waals surface area (Å²) in [6.45, 7) is 0. The summed E-state index contributed by atoms with van der Waals surface area (Å²) in [7, 11) is 3.24. The number of hydrazone groups is 1. The molecule has 0 unspecified atom stereocenters. The van der Waals surface area contributed by atoms with Crippen LogP contribution in [0.5, 0.6) is 11.5 Å². The van der Waals surface area contributed by atoms with E-state index in [-0.39, 0.29) is 11.9 Å². The smallest absolute Gasteiger partial charge is 0.253 e. The summed E-state index contributed by atoms with van der Waals surface area (Å²) in [4.78, 5) is 14.3. The number of ether oxygens (including phenoxy) is 2. The number of rotatable bonds is 8. The summed E-state index contributed by atoms with van der Waals surface area (Å²) in [6.07, 6.45) is 0.638. The fourth-order valence-electron chi connectivity index (χ4n) is 3.65. The number of nitrogens with zero attached hydrogens (tertiary/aromatic N) is 2. The molecule has 0 bridgehead atoms. The number of hydrogen-bond donors (Lipinski definition) is 0. The van der Waals surface area contributed by atoms with E-state index in [4.69, 9.17) is 14.6 Å². The first kappa shape index (κ1) is 21.5. The minimum absolute atomic E-state index is 0.0117. The highest BCUT2D eigenvalue weighted by Gasteiger charge is 2.35. The van der Waals surface area contributed by atoms with Gasteiger partial charge in [0.2, 0.25) is 0 Å². The van der Waals surface area contributed by atoms with E-state index in [1.54, 1.807) is 42.3 Å². The first-order valence-corrected chi connectivity index (χ1v) is 12.0. The number of hydrogen-bond acceptors (Lipinski definition) is 6. The van der Waals surface area contributed by atoms with Gasteiger partial charge in [0.1, 0.15) is 0 Å². The zero-order valence-electron chi connectivity index (χ0n) is 17.5. The highest BCUT2D eigenvalue weighted by Crippen LogP contribution is 2.42. The third kappa shape index (κ3) is 4.78. The van der Waals surface area contributed by atoms with Crippen LogP contribution in [-0.2, 0) is 10.5 Å². The number of thiophene rings is 1. The summed E-state index contributed by atoms with van der Waals surface area (Å²) >= 11 is 3.24. The number of amides is 1. The molecule has 1 aliphatic heterocycles. The van der Waals surface area contributed by atoms with Gasteiger partial charge >= 0.3 is 0 Å². The van der Waals surface area contributed by atoms with Crippen LogP contribution in [0.1, 0.15) is 28.5 Å². The Hall–Kier alpha value is -2.77. The zero-order valence-corrected chi connectivity index (χ0v) is 19.1. The molecule has 160 valence electrons. The molecule has 0 spiro atoms. The van der Waals surface area contributed by atoms with Gasteiger partial charge in [-0.2, -0.15) is 5.10 Å². The van der Waals surface area contributed by atoms with Gasteiger partial charge in [-0.3, -0.25) is 4.79 Å². The Bertz CT molecular complexity index is 1050. The van der Waals surface area contributed by atoms with Crippen LogP contribution in [0.3, 0.4) is 0 Å². The van der Waals surface area contributed by atoms with E-state index in [0.29, 0.717) is 23.7 Å². The number of carbonyl (C=O) groups excluding carboxylic acids is 1. The molecule has 0 aliphatic carbocycles. The molecule has 0 N–H and O–H groups in total. The monoisotopic (exact) mass is 452 g/mol. The summed E-state index contributed by atoms with van der Waals surface area (Å²) in [5, 5.41) is 8.40. The Labute approximate surface area is 190 Å². The molecule has 0 radical (unpaired) electrons. The summed E-state index contributed by atoms with van der Waals surface area (Å²) in [5.74, 6) is 2.43. The van der Waals surface area contributed by atoms with Crippen LogP contribution in [0.4, 0.5) is 0 Å². The summed E-state index contributed by atoms with van der Waals surface area (Å²) < 4.78 is 11.1.